The molecule has 3 aliphatic heterocycles. The number of hydrogen-bond acceptors (Lipinski definition) is 20. The van der Waals surface area contributed by atoms with Crippen LogP contribution in [-0.2, 0) is 65.5 Å². The second kappa shape index (κ2) is 22.7. The molecule has 5 amide bonds. The van der Waals surface area contributed by atoms with Crippen LogP contribution in [0.15, 0.2) is 84.6 Å². The molecule has 25 heteroatoms. The van der Waals surface area contributed by atoms with Crippen LogP contribution >= 0.6 is 11.3 Å². The Morgan fingerprint density at radius 3 is 2.36 bits per heavy atom. The van der Waals surface area contributed by atoms with Gasteiger partial charge in [0.05, 0.1) is 17.9 Å². The molecule has 81 heavy (non-hydrogen) atoms. The number of aliphatic hydroxyl groups is 5. The minimum atomic E-state index is -2.00. The fourth-order valence-electron chi connectivity index (χ4n) is 13.2. The quantitative estimate of drug-likeness (QED) is 0.0824. The number of rotatable bonds is 18. The molecule has 4 aliphatic carbocycles. The number of hydrogen-bond donors (Lipinski definition) is 9. The van der Waals surface area contributed by atoms with E-state index in [2.05, 4.69) is 27.9 Å². The lowest BCUT2D eigenvalue weighted by Gasteiger charge is -2.59. The molecule has 3 saturated carbocycles. The SMILES string of the molecule is C[C@]12C=CC(=O)C=C1CC[C@@H]1[C@@H]2[C@@H](O)C[C@@]2(C)[C@H]1C[C@H]1O[C@@H](c3ccc(Cc4cnc(NC(=O)OCc5ccc(O[C@@H]6O[C@H](C(=O)O)[C@@H](O)[C@H](O)[C@H]6O)c(NC(=O)CCNC(=O)CCN6C(=O)C=CC6=O)c5)s4)cc3)O[C@]12C(=O)CO. The number of carbonyl (C=O) groups excluding carboxylic acids is 7. The number of fused-ring (bicyclic) bond motifs is 7. The Morgan fingerprint density at radius 2 is 1.63 bits per heavy atom. The number of anilines is 2. The number of carboxylic acids is 1. The van der Waals surface area contributed by atoms with Gasteiger partial charge in [-0.2, -0.15) is 0 Å². The first kappa shape index (κ1) is 57.2. The van der Waals surface area contributed by atoms with E-state index in [9.17, 15) is 69.0 Å². The van der Waals surface area contributed by atoms with E-state index in [0.717, 1.165) is 39.5 Å². The number of amides is 5. The molecule has 7 aliphatic rings. The van der Waals surface area contributed by atoms with Gasteiger partial charge in [-0.1, -0.05) is 55.8 Å². The monoisotopic (exact) mass is 1140 g/mol. The minimum absolute atomic E-state index is 0.0212. The van der Waals surface area contributed by atoms with Crippen molar-refractivity contribution in [1.29, 1.82) is 0 Å². The number of carbonyl (C=O) groups is 8. The molecular formula is C56H61N5O19S. The van der Waals surface area contributed by atoms with Gasteiger partial charge in [-0.15, -0.1) is 11.3 Å². The summed E-state index contributed by atoms with van der Waals surface area (Å²) in [6.45, 7) is 2.61. The van der Waals surface area contributed by atoms with Crippen LogP contribution in [0.25, 0.3) is 0 Å². The maximum absolute atomic E-state index is 14.0. The Kier molecular flexibility index (Phi) is 16.0. The molecule has 2 aromatic carbocycles. The predicted molar refractivity (Wildman–Crippen MR) is 280 cm³/mol. The van der Waals surface area contributed by atoms with Crippen LogP contribution < -0.4 is 20.7 Å². The number of ketones is 2. The van der Waals surface area contributed by atoms with Crippen molar-refractivity contribution in [2.24, 2.45) is 28.6 Å². The van der Waals surface area contributed by atoms with Gasteiger partial charge in [0.2, 0.25) is 18.1 Å². The van der Waals surface area contributed by atoms with Gasteiger partial charge in [-0.25, -0.2) is 14.6 Å². The van der Waals surface area contributed by atoms with Gasteiger partial charge in [-0.05, 0) is 72.9 Å². The Labute approximate surface area is 466 Å². The molecule has 0 unspecified atom stereocenters. The average molecular weight is 1140 g/mol. The molecule has 5 fully saturated rings. The smallest absolute Gasteiger partial charge is 0.413 e. The highest BCUT2D eigenvalue weighted by molar-refractivity contribution is 7.15. The number of allylic oxidation sites excluding steroid dienone is 4. The van der Waals surface area contributed by atoms with Crippen LogP contribution in [-0.4, -0.2) is 156 Å². The van der Waals surface area contributed by atoms with Crippen LogP contribution in [0.1, 0.15) is 80.2 Å². The van der Waals surface area contributed by atoms with E-state index in [1.165, 1.54) is 29.5 Å². The van der Waals surface area contributed by atoms with Crippen LogP contribution in [0, 0.1) is 28.6 Å². The Balaban J connectivity index is 0.745. The van der Waals surface area contributed by atoms with Gasteiger partial charge in [-0.3, -0.25) is 39.0 Å². The Bertz CT molecular complexity index is 3110. The summed E-state index contributed by atoms with van der Waals surface area (Å²) < 4.78 is 29.8. The van der Waals surface area contributed by atoms with E-state index in [0.29, 0.717) is 30.4 Å². The number of Topliss-reactive ketones (excluding diaryl/α,β-unsaturated/α-hetero) is 1. The van der Waals surface area contributed by atoms with Gasteiger partial charge in [0, 0.05) is 77.9 Å². The minimum Gasteiger partial charge on any atom is -0.479 e. The van der Waals surface area contributed by atoms with Crippen LogP contribution in [0.3, 0.4) is 0 Å². The zero-order chi connectivity index (χ0) is 57.7. The van der Waals surface area contributed by atoms with Crippen molar-refractivity contribution in [2.75, 3.05) is 30.3 Å². The van der Waals surface area contributed by atoms with Crippen molar-refractivity contribution in [3.63, 3.8) is 0 Å². The van der Waals surface area contributed by atoms with Crippen molar-refractivity contribution in [1.82, 2.24) is 15.2 Å². The first-order valence-corrected chi connectivity index (χ1v) is 27.3. The molecule has 1 aromatic heterocycles. The summed E-state index contributed by atoms with van der Waals surface area (Å²) in [5, 5.41) is 70.9. The average Bonchev–Trinajstić information content (AvgIpc) is 4.39. The molecule has 4 heterocycles. The normalized spacial score (nSPS) is 32.7. The molecule has 430 valence electrons. The number of aromatic nitrogens is 1. The molecule has 0 bridgehead atoms. The van der Waals surface area contributed by atoms with E-state index in [-0.39, 0.29) is 79.1 Å². The number of carboxylic acid groups (broad SMARTS) is 1. The number of ether oxygens (including phenoxy) is 5. The number of benzene rings is 2. The highest BCUT2D eigenvalue weighted by atomic mass is 32.1. The number of nitrogens with zero attached hydrogens (tertiary/aromatic N) is 2. The number of nitrogens with one attached hydrogen (secondary N) is 3. The van der Waals surface area contributed by atoms with Crippen molar-refractivity contribution < 1.29 is 92.7 Å². The summed E-state index contributed by atoms with van der Waals surface area (Å²) in [4.78, 5) is 106. The van der Waals surface area contributed by atoms with Gasteiger partial charge in [0.15, 0.2) is 34.7 Å². The zero-order valence-corrected chi connectivity index (χ0v) is 44.7. The molecule has 9 N–H and O–H groups in total. The zero-order valence-electron chi connectivity index (χ0n) is 43.9. The van der Waals surface area contributed by atoms with Gasteiger partial charge < -0.3 is 65.0 Å². The van der Waals surface area contributed by atoms with E-state index >= 15 is 0 Å². The van der Waals surface area contributed by atoms with Crippen LogP contribution in [0.5, 0.6) is 5.75 Å². The lowest BCUT2D eigenvalue weighted by Crippen LogP contribution is -2.63. The van der Waals surface area contributed by atoms with Crippen molar-refractivity contribution in [3.05, 3.63) is 106 Å². The highest BCUT2D eigenvalue weighted by Gasteiger charge is 2.76. The van der Waals surface area contributed by atoms with E-state index in [4.69, 9.17) is 23.7 Å². The van der Waals surface area contributed by atoms with Gasteiger partial charge in [0.1, 0.15) is 37.3 Å². The van der Waals surface area contributed by atoms with Crippen molar-refractivity contribution in [2.45, 2.75) is 120 Å². The topological polar surface area (TPSA) is 356 Å². The predicted octanol–water partition coefficient (Wildman–Crippen LogP) is 2.12. The first-order chi connectivity index (χ1) is 38.6. The second-order valence-electron chi connectivity index (χ2n) is 21.8. The van der Waals surface area contributed by atoms with Gasteiger partial charge in [0.25, 0.3) is 11.8 Å². The lowest BCUT2D eigenvalue weighted by molar-refractivity contribution is -0.271. The van der Waals surface area contributed by atoms with Crippen molar-refractivity contribution >= 4 is 69.4 Å². The fourth-order valence-corrected chi connectivity index (χ4v) is 14.0. The third-order valence-corrected chi connectivity index (χ3v) is 18.0. The third-order valence-electron chi connectivity index (χ3n) is 17.1. The first-order valence-electron chi connectivity index (χ1n) is 26.5. The summed E-state index contributed by atoms with van der Waals surface area (Å²) in [7, 11) is 0. The molecule has 0 radical (unpaired) electrons. The Hall–Kier alpha value is -7.07. The molecule has 24 nitrogen and oxygen atoms in total. The van der Waals surface area contributed by atoms with E-state index < -0.39 is 114 Å². The fraction of sp³-hybridized carbons (Fsp3) is 0.482. The molecule has 0 spiro atoms. The molecular weight excluding hydrogens is 1080 g/mol. The number of thiazole rings is 1. The standard InChI is InChI=1S/C56H61N5O19S/c1-54-16-13-31(63)21-30(54)8-9-33-34-22-39-56(38(65)25-62,55(34,2)23-36(64)44(33)54)80-50(78-39)29-6-3-27(4-7-29)19-32-24-58-52(81-32)60-53(75)76-26-28-5-10-37(77-51-47(72)45(70)46(71)48(79-51)49(73)74)35(20-28)59-41(67)14-17-57-40(66)15-18-61-42(68)11-12-43(61)69/h3-7,10-13,16,20-21,24,33-34,36,39,44-48,50-51,62,64,70-72H,8-9,14-15,17-19,22-23,25-26H2,1-2H3,(H,57,66)(H,59,67)(H,73,74)(H,58,60,75)/t33-,34-,36-,39+,44+,45-,46-,47+,48-,50+,51+,54-,55-,56+/m0/s1. The summed E-state index contributed by atoms with van der Waals surface area (Å²) in [5.74, 6) is -4.91. The molecule has 14 atom stereocenters. The number of aliphatic hydroxyl groups excluding tert-OH is 5. The summed E-state index contributed by atoms with van der Waals surface area (Å²) in [5.41, 5.74) is -0.0805. The highest BCUT2D eigenvalue weighted by Crippen LogP contribution is 2.70. The van der Waals surface area contributed by atoms with E-state index in [1.807, 2.05) is 37.3 Å². The lowest BCUT2D eigenvalue weighted by atomic mass is 9.46. The summed E-state index contributed by atoms with van der Waals surface area (Å²) in [6, 6.07) is 11.5. The number of imide groups is 1. The van der Waals surface area contributed by atoms with Crippen molar-refractivity contribution in [3.8, 4) is 5.75 Å². The number of aliphatic carboxylic acids is 1. The summed E-state index contributed by atoms with van der Waals surface area (Å²) in [6.07, 6.45) is -1.96. The summed E-state index contributed by atoms with van der Waals surface area (Å²) >= 11 is 1.19. The Morgan fingerprint density at radius 1 is 0.889 bits per heavy atom. The molecule has 3 aromatic rings. The van der Waals surface area contributed by atoms with Gasteiger partial charge >= 0.3 is 12.1 Å². The largest absolute Gasteiger partial charge is 0.479 e. The maximum atomic E-state index is 14.0. The van der Waals surface area contributed by atoms with Crippen LogP contribution in [0.4, 0.5) is 15.6 Å². The molecule has 2 saturated heterocycles. The third kappa shape index (κ3) is 10.8. The maximum Gasteiger partial charge on any atom is 0.413 e. The van der Waals surface area contributed by atoms with E-state index in [1.54, 1.807) is 18.3 Å². The molecule has 10 rings (SSSR count). The second-order valence-corrected chi connectivity index (χ2v) is 22.9. The van der Waals surface area contributed by atoms with Crippen LogP contribution in [0.2, 0.25) is 0 Å².